The van der Waals surface area contributed by atoms with Crippen LogP contribution in [0.1, 0.15) is 35.5 Å². The van der Waals surface area contributed by atoms with Crippen molar-refractivity contribution in [1.29, 1.82) is 0 Å². The lowest BCUT2D eigenvalue weighted by molar-refractivity contribution is 0.100. The molecule has 2 heterocycles. The molecule has 0 aliphatic rings. The van der Waals surface area contributed by atoms with Gasteiger partial charge in [0, 0.05) is 16.6 Å². The van der Waals surface area contributed by atoms with E-state index < -0.39 is 0 Å². The summed E-state index contributed by atoms with van der Waals surface area (Å²) in [5.74, 6) is -0.270. The molecule has 3 nitrogen and oxygen atoms in total. The number of thiazole rings is 1. The van der Waals surface area contributed by atoms with E-state index in [2.05, 4.69) is 41.6 Å². The van der Waals surface area contributed by atoms with Crippen molar-refractivity contribution in [2.45, 2.75) is 33.2 Å². The second-order valence-electron chi connectivity index (χ2n) is 6.35. The SMILES string of the molecule is CCCn1c(=NC(=O)c2sc3ccccc3c2Cl)sc2cc(CC)ccc21. The van der Waals surface area contributed by atoms with Crippen LogP contribution < -0.4 is 4.80 Å². The maximum Gasteiger partial charge on any atom is 0.291 e. The van der Waals surface area contributed by atoms with E-state index in [1.165, 1.54) is 16.9 Å². The zero-order chi connectivity index (χ0) is 19.0. The number of rotatable bonds is 4. The van der Waals surface area contributed by atoms with Crippen molar-refractivity contribution in [3.8, 4) is 0 Å². The molecule has 0 atom stereocenters. The molecule has 0 saturated carbocycles. The third-order valence-electron chi connectivity index (χ3n) is 4.53. The number of aromatic nitrogens is 1. The number of amides is 1. The summed E-state index contributed by atoms with van der Waals surface area (Å²) < 4.78 is 4.31. The normalized spacial score (nSPS) is 12.3. The van der Waals surface area contributed by atoms with E-state index in [0.29, 0.717) is 9.90 Å². The van der Waals surface area contributed by atoms with Crippen LogP contribution in [-0.2, 0) is 13.0 Å². The quantitative estimate of drug-likeness (QED) is 0.386. The smallest absolute Gasteiger partial charge is 0.291 e. The van der Waals surface area contributed by atoms with Crippen molar-refractivity contribution < 1.29 is 4.79 Å². The molecule has 27 heavy (non-hydrogen) atoms. The van der Waals surface area contributed by atoms with Crippen molar-refractivity contribution in [2.24, 2.45) is 4.99 Å². The van der Waals surface area contributed by atoms with Crippen molar-refractivity contribution >= 4 is 60.5 Å². The van der Waals surface area contributed by atoms with Gasteiger partial charge < -0.3 is 4.57 Å². The highest BCUT2D eigenvalue weighted by atomic mass is 35.5. The van der Waals surface area contributed by atoms with E-state index in [0.717, 1.165) is 44.5 Å². The minimum absolute atomic E-state index is 0.270. The Morgan fingerprint density at radius 2 is 1.93 bits per heavy atom. The first kappa shape index (κ1) is 18.4. The number of halogens is 1. The molecule has 4 rings (SSSR count). The van der Waals surface area contributed by atoms with Gasteiger partial charge in [-0.3, -0.25) is 4.79 Å². The fourth-order valence-corrected chi connectivity index (χ4v) is 5.67. The van der Waals surface area contributed by atoms with Crippen LogP contribution in [-0.4, -0.2) is 10.5 Å². The maximum absolute atomic E-state index is 12.9. The Kier molecular flexibility index (Phi) is 5.17. The van der Waals surface area contributed by atoms with Gasteiger partial charge in [0.2, 0.25) is 0 Å². The molecule has 1 amide bonds. The van der Waals surface area contributed by atoms with E-state index in [1.54, 1.807) is 11.3 Å². The van der Waals surface area contributed by atoms with Crippen molar-refractivity contribution in [3.05, 3.63) is 62.7 Å². The van der Waals surface area contributed by atoms with E-state index in [1.807, 2.05) is 24.3 Å². The van der Waals surface area contributed by atoms with E-state index >= 15 is 0 Å². The molecular formula is C21H19ClN2OS2. The molecule has 6 heteroatoms. The molecular weight excluding hydrogens is 396 g/mol. The molecule has 138 valence electrons. The first-order valence-electron chi connectivity index (χ1n) is 9.00. The summed E-state index contributed by atoms with van der Waals surface area (Å²) >= 11 is 9.43. The second kappa shape index (κ2) is 7.58. The summed E-state index contributed by atoms with van der Waals surface area (Å²) in [4.78, 5) is 18.6. The van der Waals surface area contributed by atoms with Crippen molar-refractivity contribution in [2.75, 3.05) is 0 Å². The summed E-state index contributed by atoms with van der Waals surface area (Å²) in [7, 11) is 0. The molecule has 0 spiro atoms. The number of benzene rings is 2. The summed E-state index contributed by atoms with van der Waals surface area (Å²) in [6.07, 6.45) is 1.97. The summed E-state index contributed by atoms with van der Waals surface area (Å²) in [5.41, 5.74) is 2.42. The fourth-order valence-electron chi connectivity index (χ4n) is 3.15. The monoisotopic (exact) mass is 414 g/mol. The van der Waals surface area contributed by atoms with Crippen LogP contribution >= 0.6 is 34.3 Å². The van der Waals surface area contributed by atoms with Gasteiger partial charge >= 0.3 is 0 Å². The number of thiophene rings is 1. The zero-order valence-corrected chi connectivity index (χ0v) is 17.5. The van der Waals surface area contributed by atoms with Crippen LogP contribution in [0.5, 0.6) is 0 Å². The summed E-state index contributed by atoms with van der Waals surface area (Å²) in [6.45, 7) is 5.11. The van der Waals surface area contributed by atoms with Crippen LogP contribution in [0.2, 0.25) is 5.02 Å². The van der Waals surface area contributed by atoms with Crippen molar-refractivity contribution in [3.63, 3.8) is 0 Å². The molecule has 4 aromatic rings. The highest BCUT2D eigenvalue weighted by Crippen LogP contribution is 2.35. The minimum Gasteiger partial charge on any atom is -0.316 e. The average Bonchev–Trinajstić information content (AvgIpc) is 3.20. The Morgan fingerprint density at radius 3 is 2.67 bits per heavy atom. The van der Waals surface area contributed by atoms with E-state index in [4.69, 9.17) is 11.6 Å². The van der Waals surface area contributed by atoms with Gasteiger partial charge in [-0.05, 0) is 36.6 Å². The lowest BCUT2D eigenvalue weighted by Crippen LogP contribution is -2.16. The molecule has 0 unspecified atom stereocenters. The molecule has 0 aliphatic carbocycles. The zero-order valence-electron chi connectivity index (χ0n) is 15.2. The molecule has 0 aliphatic heterocycles. The molecule has 0 N–H and O–H groups in total. The van der Waals surface area contributed by atoms with Crippen LogP contribution in [0.4, 0.5) is 0 Å². The maximum atomic E-state index is 12.9. The summed E-state index contributed by atoms with van der Waals surface area (Å²) in [6, 6.07) is 14.3. The standard InChI is InChI=1S/C21H19ClN2OS2/c1-3-11-24-15-10-9-13(4-2)12-17(15)27-21(24)23-20(25)19-18(22)14-7-5-6-8-16(14)26-19/h5-10,12H,3-4,11H2,1-2H3. The Bertz CT molecular complexity index is 1220. The second-order valence-corrected chi connectivity index (χ2v) is 8.79. The highest BCUT2D eigenvalue weighted by Gasteiger charge is 2.17. The lowest BCUT2D eigenvalue weighted by Gasteiger charge is -2.03. The summed E-state index contributed by atoms with van der Waals surface area (Å²) in [5, 5.41) is 1.41. The average molecular weight is 415 g/mol. The topological polar surface area (TPSA) is 34.4 Å². The predicted octanol–water partition coefficient (Wildman–Crippen LogP) is 6.28. The Morgan fingerprint density at radius 1 is 1.11 bits per heavy atom. The Hall–Kier alpha value is -1.95. The molecule has 0 bridgehead atoms. The highest BCUT2D eigenvalue weighted by molar-refractivity contribution is 7.21. The van der Waals surface area contributed by atoms with Crippen LogP contribution in [0.3, 0.4) is 0 Å². The van der Waals surface area contributed by atoms with Gasteiger partial charge in [-0.2, -0.15) is 4.99 Å². The number of carbonyl (C=O) groups is 1. The van der Waals surface area contributed by atoms with Gasteiger partial charge in [0.05, 0.1) is 15.2 Å². The molecule has 0 fully saturated rings. The van der Waals surface area contributed by atoms with Gasteiger partial charge in [-0.15, -0.1) is 11.3 Å². The fraction of sp³-hybridized carbons (Fsp3) is 0.238. The van der Waals surface area contributed by atoms with E-state index in [-0.39, 0.29) is 5.91 Å². The van der Waals surface area contributed by atoms with Gasteiger partial charge in [0.25, 0.3) is 5.91 Å². The number of fused-ring (bicyclic) bond motifs is 2. The molecule has 0 saturated heterocycles. The molecule has 2 aromatic heterocycles. The third-order valence-corrected chi connectivity index (χ3v) is 7.23. The van der Waals surface area contributed by atoms with Crippen LogP contribution in [0, 0.1) is 0 Å². The van der Waals surface area contributed by atoms with Crippen LogP contribution in [0.15, 0.2) is 47.5 Å². The Labute approximate surface area is 170 Å². The number of carbonyl (C=O) groups excluding carboxylic acids is 1. The number of nitrogens with zero attached hydrogens (tertiary/aromatic N) is 2. The van der Waals surface area contributed by atoms with Gasteiger partial charge in [-0.25, -0.2) is 0 Å². The first-order chi connectivity index (χ1) is 13.1. The largest absolute Gasteiger partial charge is 0.316 e. The van der Waals surface area contributed by atoms with E-state index in [9.17, 15) is 4.79 Å². The number of hydrogen-bond donors (Lipinski definition) is 0. The Balaban J connectivity index is 1.86. The minimum atomic E-state index is -0.270. The number of hydrogen-bond acceptors (Lipinski definition) is 3. The number of aryl methyl sites for hydroxylation is 2. The first-order valence-corrected chi connectivity index (χ1v) is 11.0. The van der Waals surface area contributed by atoms with Gasteiger partial charge in [0.1, 0.15) is 4.88 Å². The van der Waals surface area contributed by atoms with Gasteiger partial charge in [-0.1, -0.05) is 61.1 Å². The van der Waals surface area contributed by atoms with Gasteiger partial charge in [0.15, 0.2) is 4.80 Å². The molecule has 2 aromatic carbocycles. The van der Waals surface area contributed by atoms with Crippen LogP contribution in [0.25, 0.3) is 20.3 Å². The lowest BCUT2D eigenvalue weighted by atomic mass is 10.2. The molecule has 0 radical (unpaired) electrons. The predicted molar refractivity (Wildman–Crippen MR) is 116 cm³/mol. The van der Waals surface area contributed by atoms with Crippen molar-refractivity contribution in [1.82, 2.24) is 4.57 Å². The third kappa shape index (κ3) is 3.35.